The molecular formula is C15H30NO3+. The van der Waals surface area contributed by atoms with E-state index in [1.807, 2.05) is 48.5 Å². The minimum atomic E-state index is -0.424. The normalized spacial score (nSPS) is 24.2. The molecule has 1 aliphatic rings. The summed E-state index contributed by atoms with van der Waals surface area (Å²) in [5, 5.41) is 9.85. The Bertz CT molecular complexity index is 329. The van der Waals surface area contributed by atoms with Crippen molar-refractivity contribution in [1.29, 1.82) is 0 Å². The van der Waals surface area contributed by atoms with Crippen molar-refractivity contribution < 1.29 is 14.7 Å². The van der Waals surface area contributed by atoms with Gasteiger partial charge in [-0.1, -0.05) is 12.0 Å². The Morgan fingerprint density at radius 1 is 1.26 bits per heavy atom. The maximum absolute atomic E-state index is 12.2. The van der Waals surface area contributed by atoms with E-state index in [-0.39, 0.29) is 23.2 Å². The van der Waals surface area contributed by atoms with Gasteiger partial charge in [-0.05, 0) is 48.0 Å². The van der Waals surface area contributed by atoms with Gasteiger partial charge in [0.05, 0.1) is 16.5 Å². The van der Waals surface area contributed by atoms with E-state index in [9.17, 15) is 4.79 Å². The van der Waals surface area contributed by atoms with Crippen LogP contribution in [0.1, 0.15) is 67.7 Å². The highest BCUT2D eigenvalue weighted by Crippen LogP contribution is 2.38. The second kappa shape index (κ2) is 5.06. The van der Waals surface area contributed by atoms with E-state index in [0.717, 1.165) is 6.42 Å². The van der Waals surface area contributed by atoms with Crippen LogP contribution in [-0.4, -0.2) is 33.4 Å². The molecule has 1 rings (SSSR count). The van der Waals surface area contributed by atoms with Crippen molar-refractivity contribution in [3.05, 3.63) is 0 Å². The lowest BCUT2D eigenvalue weighted by Crippen LogP contribution is -2.61. The molecule has 112 valence electrons. The molecule has 4 nitrogen and oxygen atoms in total. The van der Waals surface area contributed by atoms with Crippen molar-refractivity contribution in [2.24, 2.45) is 5.41 Å². The summed E-state index contributed by atoms with van der Waals surface area (Å²) in [5.41, 5.74) is -0.974. The van der Waals surface area contributed by atoms with Crippen LogP contribution >= 0.6 is 0 Å². The Morgan fingerprint density at radius 2 is 1.68 bits per heavy atom. The Morgan fingerprint density at radius 3 is 2.05 bits per heavy atom. The number of carbonyl (C=O) groups excluding carboxylic acids is 1. The highest BCUT2D eigenvalue weighted by Gasteiger charge is 2.50. The third-order valence-electron chi connectivity index (χ3n) is 4.38. The zero-order valence-corrected chi connectivity index (χ0v) is 13.5. The van der Waals surface area contributed by atoms with Crippen LogP contribution in [0.2, 0.25) is 0 Å². The summed E-state index contributed by atoms with van der Waals surface area (Å²) in [6.07, 6.45) is 2.11. The predicted octanol–water partition coefficient (Wildman–Crippen LogP) is 2.63. The lowest BCUT2D eigenvalue weighted by atomic mass is 9.80. The molecule has 1 saturated heterocycles. The largest absolute Gasteiger partial charge is 0.462 e. The molecule has 0 aromatic rings. The minimum Gasteiger partial charge on any atom is -0.462 e. The van der Waals surface area contributed by atoms with Crippen molar-refractivity contribution in [2.45, 2.75) is 84.9 Å². The van der Waals surface area contributed by atoms with Crippen LogP contribution in [0.4, 0.5) is 0 Å². The molecule has 0 saturated carbocycles. The number of piperidine rings is 1. The van der Waals surface area contributed by atoms with Gasteiger partial charge >= 0.3 is 5.97 Å². The Hall–Kier alpha value is -0.610. The van der Waals surface area contributed by atoms with Crippen molar-refractivity contribution in [1.82, 2.24) is 5.06 Å². The molecule has 0 spiro atoms. The fraction of sp³-hybridized carbons (Fsp3) is 0.933. The lowest BCUT2D eigenvalue weighted by molar-refractivity contribution is -0.260. The molecule has 0 aliphatic carbocycles. The quantitative estimate of drug-likeness (QED) is 0.586. The maximum Gasteiger partial charge on any atom is 0.311 e. The molecular weight excluding hydrogens is 242 g/mol. The minimum absolute atomic E-state index is 0.0927. The van der Waals surface area contributed by atoms with E-state index in [1.165, 1.54) is 0 Å². The van der Waals surface area contributed by atoms with E-state index in [0.29, 0.717) is 12.8 Å². The van der Waals surface area contributed by atoms with Crippen LogP contribution in [-0.2, 0) is 9.53 Å². The Kier molecular flexibility index (Phi) is 4.38. The van der Waals surface area contributed by atoms with Crippen molar-refractivity contribution in [3.63, 3.8) is 0 Å². The SMILES string of the molecule is CCC(C)(C)C(=O)OC1CC(C)(C)N([OH2+])C(C)(C)C1. The van der Waals surface area contributed by atoms with Gasteiger partial charge in [0.1, 0.15) is 6.10 Å². The molecule has 1 heterocycles. The first-order valence-electron chi connectivity index (χ1n) is 7.15. The summed E-state index contributed by atoms with van der Waals surface area (Å²) < 4.78 is 5.72. The predicted molar refractivity (Wildman–Crippen MR) is 76.8 cm³/mol. The molecule has 1 fully saturated rings. The lowest BCUT2D eigenvalue weighted by Gasteiger charge is -2.47. The highest BCUT2D eigenvalue weighted by atomic mass is 16.5. The highest BCUT2D eigenvalue weighted by molar-refractivity contribution is 5.76. The van der Waals surface area contributed by atoms with Crippen LogP contribution in [0.15, 0.2) is 0 Å². The standard InChI is InChI=1S/C15H29NO3/c1-8-13(2,3)12(17)19-11-9-14(4,5)16(18)15(6,7)10-11/h11,18H,8-10H2,1-7H3/p+1. The summed E-state index contributed by atoms with van der Waals surface area (Å²) in [4.78, 5) is 12.2. The first-order chi connectivity index (χ1) is 8.42. The summed E-state index contributed by atoms with van der Waals surface area (Å²) in [6.45, 7) is 14.0. The van der Waals surface area contributed by atoms with Gasteiger partial charge in [0.2, 0.25) is 0 Å². The topological polar surface area (TPSA) is 52.4 Å². The summed E-state index contributed by atoms with van der Waals surface area (Å²) in [6, 6.07) is 0. The second-order valence-corrected chi connectivity index (χ2v) is 7.63. The summed E-state index contributed by atoms with van der Waals surface area (Å²) >= 11 is 0. The molecule has 0 radical (unpaired) electrons. The Balaban J connectivity index is 2.79. The smallest absolute Gasteiger partial charge is 0.311 e. The molecule has 0 unspecified atom stereocenters. The van der Waals surface area contributed by atoms with E-state index in [2.05, 4.69) is 0 Å². The molecule has 4 heteroatoms. The van der Waals surface area contributed by atoms with E-state index in [1.54, 1.807) is 5.06 Å². The van der Waals surface area contributed by atoms with Gasteiger partial charge in [0.15, 0.2) is 0 Å². The number of hydroxylamine groups is 2. The van der Waals surface area contributed by atoms with Gasteiger partial charge in [-0.3, -0.25) is 4.79 Å². The number of hydrogen-bond acceptors (Lipinski definition) is 3. The van der Waals surface area contributed by atoms with Crippen molar-refractivity contribution in [2.75, 3.05) is 0 Å². The van der Waals surface area contributed by atoms with Gasteiger partial charge < -0.3 is 9.94 Å². The van der Waals surface area contributed by atoms with Gasteiger partial charge in [0.25, 0.3) is 0 Å². The number of nitrogens with zero attached hydrogens (tertiary/aromatic N) is 1. The summed E-state index contributed by atoms with van der Waals surface area (Å²) in [7, 11) is 0. The van der Waals surface area contributed by atoms with Crippen LogP contribution in [0, 0.1) is 5.41 Å². The number of ether oxygens (including phenoxy) is 1. The maximum atomic E-state index is 12.2. The zero-order chi connectivity index (χ0) is 15.1. The number of rotatable bonds is 3. The summed E-state index contributed by atoms with van der Waals surface area (Å²) in [5.74, 6) is -0.120. The number of esters is 1. The molecule has 19 heavy (non-hydrogen) atoms. The van der Waals surface area contributed by atoms with E-state index < -0.39 is 5.41 Å². The molecule has 0 amide bonds. The molecule has 0 aromatic carbocycles. The van der Waals surface area contributed by atoms with Gasteiger partial charge in [0, 0.05) is 12.8 Å². The molecule has 2 N–H and O–H groups in total. The van der Waals surface area contributed by atoms with E-state index in [4.69, 9.17) is 9.94 Å². The zero-order valence-electron chi connectivity index (χ0n) is 13.5. The van der Waals surface area contributed by atoms with Gasteiger partial charge in [-0.15, -0.1) is 0 Å². The monoisotopic (exact) mass is 272 g/mol. The van der Waals surface area contributed by atoms with Crippen LogP contribution in [0.25, 0.3) is 0 Å². The number of carbonyl (C=O) groups is 1. The van der Waals surface area contributed by atoms with E-state index >= 15 is 0 Å². The average molecular weight is 272 g/mol. The van der Waals surface area contributed by atoms with Crippen LogP contribution in [0.5, 0.6) is 0 Å². The van der Waals surface area contributed by atoms with Crippen LogP contribution < -0.4 is 0 Å². The van der Waals surface area contributed by atoms with Crippen molar-refractivity contribution in [3.8, 4) is 0 Å². The second-order valence-electron chi connectivity index (χ2n) is 7.63. The first kappa shape index (κ1) is 16.4. The first-order valence-corrected chi connectivity index (χ1v) is 7.15. The fourth-order valence-corrected chi connectivity index (χ4v) is 2.73. The Labute approximate surface area is 117 Å². The third kappa shape index (κ3) is 3.48. The number of hydrogen-bond donors (Lipinski definition) is 0. The molecule has 0 bridgehead atoms. The van der Waals surface area contributed by atoms with Crippen LogP contribution in [0.3, 0.4) is 0 Å². The van der Waals surface area contributed by atoms with Crippen molar-refractivity contribution >= 4 is 5.97 Å². The molecule has 0 atom stereocenters. The molecule has 1 aliphatic heterocycles. The fourth-order valence-electron chi connectivity index (χ4n) is 2.73. The third-order valence-corrected chi connectivity index (χ3v) is 4.38. The average Bonchev–Trinajstić information content (AvgIpc) is 2.24. The molecule has 0 aromatic heterocycles. The van der Waals surface area contributed by atoms with Gasteiger partial charge in [-0.25, -0.2) is 0 Å². The van der Waals surface area contributed by atoms with Gasteiger partial charge in [-0.2, -0.15) is 0 Å².